The molecule has 0 fully saturated rings. The predicted octanol–water partition coefficient (Wildman–Crippen LogP) is 1.92. The normalized spacial score (nSPS) is 10.6. The Morgan fingerprint density at radius 2 is 2.12 bits per heavy atom. The molecule has 0 saturated carbocycles. The van der Waals surface area contributed by atoms with Crippen molar-refractivity contribution in [2.24, 2.45) is 7.05 Å². The van der Waals surface area contributed by atoms with Crippen molar-refractivity contribution < 1.29 is 33.1 Å². The van der Waals surface area contributed by atoms with E-state index in [0.29, 0.717) is 0 Å². The molecule has 0 atom stereocenters. The molecule has 1 aromatic heterocycles. The zero-order chi connectivity index (χ0) is 19.4. The summed E-state index contributed by atoms with van der Waals surface area (Å²) in [6.07, 6.45) is -1.63. The number of nitro benzene ring substituents is 1. The standard InChI is InChI=1S/C14H12F2N4O6/c1-19-5-10(12(18-19)14(22)23)13(21)17-7-2-8(20(24)25)4-9(3-7)26-6-11(15)16/h2-5,11H,6H2,1H3,(H,17,21)(H,22,23). The maximum atomic E-state index is 12.3. The van der Waals surface area contributed by atoms with Gasteiger partial charge >= 0.3 is 5.97 Å². The van der Waals surface area contributed by atoms with E-state index < -0.39 is 41.2 Å². The number of nitrogens with zero attached hydrogens (tertiary/aromatic N) is 3. The van der Waals surface area contributed by atoms with Gasteiger partial charge in [-0.1, -0.05) is 0 Å². The summed E-state index contributed by atoms with van der Waals surface area (Å²) >= 11 is 0. The molecule has 12 heteroatoms. The quantitative estimate of drug-likeness (QED) is 0.561. The van der Waals surface area contributed by atoms with E-state index in [1.165, 1.54) is 7.05 Å². The van der Waals surface area contributed by atoms with Crippen LogP contribution in [0.2, 0.25) is 0 Å². The van der Waals surface area contributed by atoms with Gasteiger partial charge in [0.25, 0.3) is 18.0 Å². The number of non-ortho nitro benzene ring substituents is 1. The third-order valence-corrected chi connectivity index (χ3v) is 3.01. The first kappa shape index (κ1) is 18.8. The first-order valence-corrected chi connectivity index (χ1v) is 6.96. The highest BCUT2D eigenvalue weighted by Gasteiger charge is 2.22. The van der Waals surface area contributed by atoms with Crippen molar-refractivity contribution in [1.82, 2.24) is 9.78 Å². The van der Waals surface area contributed by atoms with Gasteiger partial charge in [-0.15, -0.1) is 0 Å². The van der Waals surface area contributed by atoms with Crippen LogP contribution in [0.25, 0.3) is 0 Å². The number of ether oxygens (including phenoxy) is 1. The van der Waals surface area contributed by atoms with Gasteiger partial charge in [0.2, 0.25) is 0 Å². The molecule has 1 heterocycles. The molecule has 0 spiro atoms. The fourth-order valence-corrected chi connectivity index (χ4v) is 2.01. The van der Waals surface area contributed by atoms with Crippen molar-refractivity contribution in [3.05, 3.63) is 45.8 Å². The lowest BCUT2D eigenvalue weighted by molar-refractivity contribution is -0.384. The third-order valence-electron chi connectivity index (χ3n) is 3.01. The lowest BCUT2D eigenvalue weighted by atomic mass is 10.2. The van der Waals surface area contributed by atoms with Crippen molar-refractivity contribution in [2.75, 3.05) is 11.9 Å². The zero-order valence-corrected chi connectivity index (χ0v) is 13.2. The summed E-state index contributed by atoms with van der Waals surface area (Å²) in [6, 6.07) is 3.00. The molecule has 0 radical (unpaired) electrons. The highest BCUT2D eigenvalue weighted by Crippen LogP contribution is 2.27. The lowest BCUT2D eigenvalue weighted by Gasteiger charge is -2.09. The van der Waals surface area contributed by atoms with Gasteiger partial charge in [-0.05, 0) is 0 Å². The number of carboxylic acids is 1. The number of alkyl halides is 2. The van der Waals surface area contributed by atoms with Gasteiger partial charge < -0.3 is 15.2 Å². The number of aromatic nitrogens is 2. The lowest BCUT2D eigenvalue weighted by Crippen LogP contribution is -2.15. The second kappa shape index (κ2) is 7.55. The molecule has 1 amide bonds. The van der Waals surface area contributed by atoms with Gasteiger partial charge in [-0.25, -0.2) is 13.6 Å². The number of carbonyl (C=O) groups is 2. The maximum absolute atomic E-state index is 12.3. The van der Waals surface area contributed by atoms with Gasteiger partial charge in [-0.2, -0.15) is 5.10 Å². The Labute approximate surface area is 144 Å². The van der Waals surface area contributed by atoms with Crippen LogP contribution >= 0.6 is 0 Å². The number of aromatic carboxylic acids is 1. The summed E-state index contributed by atoms with van der Waals surface area (Å²) in [6.45, 7) is -0.986. The van der Waals surface area contributed by atoms with Crippen molar-refractivity contribution in [3.8, 4) is 5.75 Å². The fourth-order valence-electron chi connectivity index (χ4n) is 2.01. The van der Waals surface area contributed by atoms with E-state index in [4.69, 9.17) is 9.84 Å². The molecule has 0 unspecified atom stereocenters. The summed E-state index contributed by atoms with van der Waals surface area (Å²) < 4.78 is 30.3. The summed E-state index contributed by atoms with van der Waals surface area (Å²) in [5.41, 5.74) is -1.42. The molecule has 10 nitrogen and oxygen atoms in total. The van der Waals surface area contributed by atoms with Crippen LogP contribution in [0.15, 0.2) is 24.4 Å². The number of aryl methyl sites for hydroxylation is 1. The molecule has 0 aliphatic rings. The van der Waals surface area contributed by atoms with Crippen molar-refractivity contribution in [2.45, 2.75) is 6.43 Å². The Kier molecular flexibility index (Phi) is 5.45. The molecule has 0 bridgehead atoms. The number of amides is 1. The van der Waals surface area contributed by atoms with Crippen LogP contribution < -0.4 is 10.1 Å². The molecule has 2 N–H and O–H groups in total. The Balaban J connectivity index is 2.31. The third kappa shape index (κ3) is 4.49. The molecular weight excluding hydrogens is 358 g/mol. The summed E-state index contributed by atoms with van der Waals surface area (Å²) in [7, 11) is 1.41. The average molecular weight is 370 g/mol. The molecule has 1 aromatic carbocycles. The Morgan fingerprint density at radius 3 is 2.69 bits per heavy atom. The smallest absolute Gasteiger partial charge is 0.357 e. The number of hydrogen-bond donors (Lipinski definition) is 2. The van der Waals surface area contributed by atoms with Crippen molar-refractivity contribution in [1.29, 1.82) is 0 Å². The van der Waals surface area contributed by atoms with Crippen molar-refractivity contribution >= 4 is 23.3 Å². The summed E-state index contributed by atoms with van der Waals surface area (Å²) in [4.78, 5) is 33.5. The average Bonchev–Trinajstić information content (AvgIpc) is 2.95. The minimum atomic E-state index is -2.79. The first-order chi connectivity index (χ1) is 12.2. The van der Waals surface area contributed by atoms with E-state index in [1.807, 2.05) is 0 Å². The molecule has 0 saturated heterocycles. The maximum Gasteiger partial charge on any atom is 0.357 e. The number of nitro groups is 1. The van der Waals surface area contributed by atoms with Crippen molar-refractivity contribution in [3.63, 3.8) is 0 Å². The van der Waals surface area contributed by atoms with E-state index in [2.05, 4.69) is 10.4 Å². The number of carbonyl (C=O) groups excluding carboxylic acids is 1. The number of benzene rings is 1. The SMILES string of the molecule is Cn1cc(C(=O)Nc2cc(OCC(F)F)cc([N+](=O)[O-])c2)c(C(=O)O)n1. The molecule has 0 aliphatic heterocycles. The Bertz CT molecular complexity index is 867. The molecule has 0 aliphatic carbocycles. The van der Waals surface area contributed by atoms with Gasteiger partial charge in [0, 0.05) is 25.4 Å². The van der Waals surface area contributed by atoms with Gasteiger partial charge in [0.1, 0.15) is 12.4 Å². The number of nitrogens with one attached hydrogen (secondary N) is 1. The number of hydrogen-bond acceptors (Lipinski definition) is 6. The van der Waals surface area contributed by atoms with E-state index in [1.54, 1.807) is 0 Å². The Hall–Kier alpha value is -3.57. The predicted molar refractivity (Wildman–Crippen MR) is 82.7 cm³/mol. The number of anilines is 1. The number of rotatable bonds is 7. The second-order valence-electron chi connectivity index (χ2n) is 5.00. The van der Waals surface area contributed by atoms with Crippen LogP contribution in [0.3, 0.4) is 0 Å². The first-order valence-electron chi connectivity index (χ1n) is 6.96. The van der Waals surface area contributed by atoms with Crippen LogP contribution in [0, 0.1) is 10.1 Å². The molecule has 26 heavy (non-hydrogen) atoms. The van der Waals surface area contributed by atoms with Gasteiger partial charge in [0.15, 0.2) is 5.69 Å². The van der Waals surface area contributed by atoms with E-state index in [-0.39, 0.29) is 17.0 Å². The van der Waals surface area contributed by atoms with Gasteiger partial charge in [-0.3, -0.25) is 19.6 Å². The van der Waals surface area contributed by atoms with E-state index >= 15 is 0 Å². The molecule has 2 rings (SSSR count). The minimum Gasteiger partial charge on any atom is -0.487 e. The fraction of sp³-hybridized carbons (Fsp3) is 0.214. The molecule has 138 valence electrons. The van der Waals surface area contributed by atoms with Crippen LogP contribution in [0.5, 0.6) is 5.75 Å². The molecule has 2 aromatic rings. The number of halogens is 2. The highest BCUT2D eigenvalue weighted by atomic mass is 19.3. The minimum absolute atomic E-state index is 0.131. The summed E-state index contributed by atoms with van der Waals surface area (Å²) in [5.74, 6) is -2.58. The highest BCUT2D eigenvalue weighted by molar-refractivity contribution is 6.10. The van der Waals surface area contributed by atoms with Crippen LogP contribution in [-0.4, -0.2) is 44.7 Å². The largest absolute Gasteiger partial charge is 0.487 e. The van der Waals surface area contributed by atoms with E-state index in [0.717, 1.165) is 29.1 Å². The van der Waals surface area contributed by atoms with Crippen LogP contribution in [-0.2, 0) is 7.05 Å². The Morgan fingerprint density at radius 1 is 1.42 bits per heavy atom. The second-order valence-corrected chi connectivity index (χ2v) is 5.00. The topological polar surface area (TPSA) is 137 Å². The summed E-state index contributed by atoms with van der Waals surface area (Å²) in [5, 5.41) is 25.9. The molecular formula is C14H12F2N4O6. The van der Waals surface area contributed by atoms with Crippen LogP contribution in [0.4, 0.5) is 20.2 Å². The monoisotopic (exact) mass is 370 g/mol. The van der Waals surface area contributed by atoms with Crippen LogP contribution in [0.1, 0.15) is 20.8 Å². The zero-order valence-electron chi connectivity index (χ0n) is 13.2. The van der Waals surface area contributed by atoms with Gasteiger partial charge in [0.05, 0.1) is 22.2 Å². The van der Waals surface area contributed by atoms with E-state index in [9.17, 15) is 28.5 Å². The number of carboxylic acid groups (broad SMARTS) is 1.